The van der Waals surface area contributed by atoms with Crippen LogP contribution in [0.15, 0.2) is 29.6 Å². The molecule has 0 unspecified atom stereocenters. The number of carbonyl (C=O) groups excluding carboxylic acids is 2. The summed E-state index contributed by atoms with van der Waals surface area (Å²) in [4.78, 5) is 30.9. The largest absolute Gasteiger partial charge is 0.350 e. The van der Waals surface area contributed by atoms with E-state index in [-0.39, 0.29) is 24.5 Å². The van der Waals surface area contributed by atoms with Crippen LogP contribution in [-0.4, -0.2) is 34.7 Å². The molecule has 0 spiro atoms. The maximum Gasteiger partial charge on any atom is 0.220 e. The van der Waals surface area contributed by atoms with Crippen molar-refractivity contribution in [2.45, 2.75) is 39.8 Å². The van der Waals surface area contributed by atoms with Gasteiger partial charge in [0.25, 0.3) is 0 Å². The zero-order chi connectivity index (χ0) is 18.9. The number of nitrogens with zero attached hydrogens (tertiary/aromatic N) is 2. The van der Waals surface area contributed by atoms with E-state index in [4.69, 9.17) is 11.6 Å². The molecule has 5 nitrogen and oxygen atoms in total. The first-order valence-corrected chi connectivity index (χ1v) is 9.98. The quantitative estimate of drug-likeness (QED) is 0.621. The first kappa shape index (κ1) is 20.6. The van der Waals surface area contributed by atoms with Crippen molar-refractivity contribution in [3.63, 3.8) is 0 Å². The minimum absolute atomic E-state index is 0.0848. The van der Waals surface area contributed by atoms with Crippen molar-refractivity contribution < 1.29 is 9.59 Å². The first-order chi connectivity index (χ1) is 12.5. The van der Waals surface area contributed by atoms with Crippen molar-refractivity contribution >= 4 is 34.6 Å². The van der Waals surface area contributed by atoms with Gasteiger partial charge in [0.1, 0.15) is 5.01 Å². The molecule has 0 fully saturated rings. The van der Waals surface area contributed by atoms with Gasteiger partial charge < -0.3 is 5.32 Å². The molecule has 1 aromatic heterocycles. The molecule has 26 heavy (non-hydrogen) atoms. The third-order valence-electron chi connectivity index (χ3n) is 4.04. The van der Waals surface area contributed by atoms with E-state index >= 15 is 0 Å². The third-order valence-corrected chi connectivity index (χ3v) is 5.17. The van der Waals surface area contributed by atoms with Gasteiger partial charge in [-0.25, -0.2) is 4.98 Å². The fourth-order valence-electron chi connectivity index (χ4n) is 2.47. The van der Waals surface area contributed by atoms with Gasteiger partial charge in [0.2, 0.25) is 5.91 Å². The van der Waals surface area contributed by atoms with Crippen LogP contribution in [0.4, 0.5) is 0 Å². The normalized spacial score (nSPS) is 10.9. The fourth-order valence-corrected chi connectivity index (χ4v) is 3.39. The summed E-state index contributed by atoms with van der Waals surface area (Å²) in [5.41, 5.74) is 1.56. The molecule has 1 amide bonds. The third kappa shape index (κ3) is 6.52. The van der Waals surface area contributed by atoms with E-state index in [2.05, 4.69) is 29.0 Å². The summed E-state index contributed by atoms with van der Waals surface area (Å²) in [6, 6.07) is 6.77. The van der Waals surface area contributed by atoms with Gasteiger partial charge in [-0.15, -0.1) is 11.3 Å². The van der Waals surface area contributed by atoms with E-state index < -0.39 is 0 Å². The number of nitrogens with one attached hydrogen (secondary N) is 1. The summed E-state index contributed by atoms with van der Waals surface area (Å²) in [5.74, 6) is -0.237. The van der Waals surface area contributed by atoms with Crippen LogP contribution >= 0.6 is 22.9 Å². The van der Waals surface area contributed by atoms with E-state index in [1.165, 1.54) is 0 Å². The molecule has 0 saturated carbocycles. The molecule has 0 radical (unpaired) electrons. The number of Topliss-reactive ketones (excluding diaryl/α,β-unsaturated/α-hetero) is 1. The number of benzene rings is 1. The van der Waals surface area contributed by atoms with Crippen molar-refractivity contribution in [2.24, 2.45) is 0 Å². The Morgan fingerprint density at radius 3 is 2.69 bits per heavy atom. The van der Waals surface area contributed by atoms with Gasteiger partial charge in [-0.3, -0.25) is 14.5 Å². The molecular formula is C19H24ClN3O2S. The fraction of sp³-hybridized carbons (Fsp3) is 0.421. The Balaban J connectivity index is 1.75. The second-order valence-electron chi connectivity index (χ2n) is 5.90. The van der Waals surface area contributed by atoms with E-state index in [1.807, 2.05) is 5.38 Å². The predicted molar refractivity (Wildman–Crippen MR) is 106 cm³/mol. The van der Waals surface area contributed by atoms with Crippen molar-refractivity contribution in [3.8, 4) is 0 Å². The molecule has 1 aromatic carbocycles. The highest BCUT2D eigenvalue weighted by atomic mass is 35.5. The maximum atomic E-state index is 12.1. The number of aromatic nitrogens is 1. The number of hydrogen-bond donors (Lipinski definition) is 1. The lowest BCUT2D eigenvalue weighted by Gasteiger charge is -2.15. The number of thiazole rings is 1. The van der Waals surface area contributed by atoms with E-state index in [9.17, 15) is 9.59 Å². The highest BCUT2D eigenvalue weighted by molar-refractivity contribution is 7.09. The standard InChI is InChI=1S/C19H24ClN3O2S/c1-3-23(4-2)12-16-13-26-19(22-16)11-21-18(25)9-8-17(24)14-6-5-7-15(20)10-14/h5-7,10,13H,3-4,8-9,11-12H2,1-2H3,(H,21,25). The van der Waals surface area contributed by atoms with Gasteiger partial charge in [0.15, 0.2) is 5.78 Å². The molecular weight excluding hydrogens is 370 g/mol. The molecule has 2 aromatic rings. The lowest BCUT2D eigenvalue weighted by Crippen LogP contribution is -2.24. The number of hydrogen-bond acceptors (Lipinski definition) is 5. The first-order valence-electron chi connectivity index (χ1n) is 8.72. The monoisotopic (exact) mass is 393 g/mol. The van der Waals surface area contributed by atoms with Crippen LogP contribution in [-0.2, 0) is 17.9 Å². The zero-order valence-corrected chi connectivity index (χ0v) is 16.7. The van der Waals surface area contributed by atoms with Crippen LogP contribution in [0.25, 0.3) is 0 Å². The van der Waals surface area contributed by atoms with Crippen LogP contribution in [0, 0.1) is 0 Å². The van der Waals surface area contributed by atoms with Crippen molar-refractivity contribution in [1.82, 2.24) is 15.2 Å². The van der Waals surface area contributed by atoms with Crippen LogP contribution in [0.1, 0.15) is 47.7 Å². The molecule has 1 N–H and O–H groups in total. The van der Waals surface area contributed by atoms with Crippen LogP contribution in [0.3, 0.4) is 0 Å². The molecule has 2 rings (SSSR count). The minimum atomic E-state index is -0.152. The number of amides is 1. The molecule has 0 atom stereocenters. The van der Waals surface area contributed by atoms with Gasteiger partial charge in [-0.05, 0) is 25.2 Å². The van der Waals surface area contributed by atoms with Crippen molar-refractivity contribution in [1.29, 1.82) is 0 Å². The topological polar surface area (TPSA) is 62.3 Å². The molecule has 1 heterocycles. The van der Waals surface area contributed by atoms with Gasteiger partial charge in [-0.2, -0.15) is 0 Å². The molecule has 140 valence electrons. The predicted octanol–water partition coefficient (Wildman–Crippen LogP) is 3.92. The van der Waals surface area contributed by atoms with Crippen LogP contribution in [0.2, 0.25) is 5.02 Å². The second kappa shape index (κ2) is 10.4. The van der Waals surface area contributed by atoms with Gasteiger partial charge >= 0.3 is 0 Å². The van der Waals surface area contributed by atoms with Gasteiger partial charge in [0.05, 0.1) is 12.2 Å². The van der Waals surface area contributed by atoms with Crippen LogP contribution in [0.5, 0.6) is 0 Å². The Morgan fingerprint density at radius 1 is 1.23 bits per heavy atom. The molecule has 0 aliphatic heterocycles. The van der Waals surface area contributed by atoms with Gasteiger partial charge in [0, 0.05) is 35.4 Å². The molecule has 7 heteroatoms. The Morgan fingerprint density at radius 2 is 2.00 bits per heavy atom. The highest BCUT2D eigenvalue weighted by Crippen LogP contribution is 2.14. The van der Waals surface area contributed by atoms with Gasteiger partial charge in [-0.1, -0.05) is 37.6 Å². The molecule has 0 aliphatic rings. The lowest BCUT2D eigenvalue weighted by molar-refractivity contribution is -0.121. The Hall–Kier alpha value is -1.76. The maximum absolute atomic E-state index is 12.1. The average molecular weight is 394 g/mol. The van der Waals surface area contributed by atoms with E-state index in [0.717, 1.165) is 30.3 Å². The Kier molecular flexibility index (Phi) is 8.22. The summed E-state index contributed by atoms with van der Waals surface area (Å²) >= 11 is 7.42. The Labute approximate surface area is 163 Å². The SMILES string of the molecule is CCN(CC)Cc1csc(CNC(=O)CCC(=O)c2cccc(Cl)c2)n1. The summed E-state index contributed by atoms with van der Waals surface area (Å²) in [5, 5.41) is 6.25. The smallest absolute Gasteiger partial charge is 0.220 e. The number of carbonyl (C=O) groups is 2. The lowest BCUT2D eigenvalue weighted by atomic mass is 10.1. The second-order valence-corrected chi connectivity index (χ2v) is 7.28. The molecule has 0 bridgehead atoms. The summed E-state index contributed by atoms with van der Waals surface area (Å²) in [7, 11) is 0. The summed E-state index contributed by atoms with van der Waals surface area (Å²) < 4.78 is 0. The van der Waals surface area contributed by atoms with Crippen molar-refractivity contribution in [3.05, 3.63) is 50.9 Å². The minimum Gasteiger partial charge on any atom is -0.350 e. The summed E-state index contributed by atoms with van der Waals surface area (Å²) in [6.07, 6.45) is 0.320. The summed E-state index contributed by atoms with van der Waals surface area (Å²) in [6.45, 7) is 7.45. The van der Waals surface area contributed by atoms with Crippen LogP contribution < -0.4 is 5.32 Å². The van der Waals surface area contributed by atoms with Crippen molar-refractivity contribution in [2.75, 3.05) is 13.1 Å². The Bertz CT molecular complexity index is 744. The number of halogens is 1. The highest BCUT2D eigenvalue weighted by Gasteiger charge is 2.11. The zero-order valence-electron chi connectivity index (χ0n) is 15.1. The van der Waals surface area contributed by atoms with E-state index in [0.29, 0.717) is 17.1 Å². The van der Waals surface area contributed by atoms with E-state index in [1.54, 1.807) is 35.6 Å². The number of rotatable bonds is 10. The molecule has 0 saturated heterocycles. The number of ketones is 1. The average Bonchev–Trinajstić information content (AvgIpc) is 3.09. The molecule has 0 aliphatic carbocycles.